The van der Waals surface area contributed by atoms with E-state index >= 15 is 0 Å². The molecule has 80 valence electrons. The van der Waals surface area contributed by atoms with Gasteiger partial charge in [-0.15, -0.1) is 0 Å². The molecule has 0 unspecified atom stereocenters. The number of aromatic amines is 1. The Balaban J connectivity index is 2.80. The van der Waals surface area contributed by atoms with E-state index in [9.17, 15) is 9.18 Å². The maximum Gasteiger partial charge on any atom is 0.330 e. The van der Waals surface area contributed by atoms with Crippen molar-refractivity contribution < 1.29 is 4.39 Å². The fourth-order valence-corrected chi connectivity index (χ4v) is 1.64. The molecule has 0 radical (unpaired) electrons. The van der Waals surface area contributed by atoms with Crippen LogP contribution in [0.1, 0.15) is 11.1 Å². The highest BCUT2D eigenvalue weighted by Gasteiger charge is 2.11. The predicted molar refractivity (Wildman–Crippen MR) is 55.8 cm³/mol. The van der Waals surface area contributed by atoms with Gasteiger partial charge in [0.2, 0.25) is 0 Å². The first-order valence-corrected chi connectivity index (χ1v) is 4.60. The van der Waals surface area contributed by atoms with Gasteiger partial charge >= 0.3 is 5.69 Å². The van der Waals surface area contributed by atoms with Crippen molar-refractivity contribution in [2.45, 2.75) is 6.92 Å². The molecular weight excluding hydrogens is 209 g/mol. The number of nitrogens with zero attached hydrogens (tertiary/aromatic N) is 2. The topological polar surface area (TPSA) is 61.6 Å². The summed E-state index contributed by atoms with van der Waals surface area (Å²) in [4.78, 5) is 13.9. The predicted octanol–water partition coefficient (Wildman–Crippen LogP) is 1.48. The molecule has 4 nitrogen and oxygen atoms in total. The molecule has 1 heterocycles. The van der Waals surface area contributed by atoms with Crippen LogP contribution in [0.15, 0.2) is 29.3 Å². The Bertz CT molecular complexity index is 633. The minimum atomic E-state index is -0.485. The fraction of sp³-hybridized carbons (Fsp3) is 0.0909. The molecule has 0 aliphatic heterocycles. The molecule has 0 saturated carbocycles. The largest absolute Gasteiger partial charge is 0.330 e. The van der Waals surface area contributed by atoms with Crippen molar-refractivity contribution in [3.8, 4) is 11.8 Å². The first kappa shape index (κ1) is 10.2. The van der Waals surface area contributed by atoms with Gasteiger partial charge in [0.15, 0.2) is 0 Å². The third-order valence-corrected chi connectivity index (χ3v) is 2.28. The van der Waals surface area contributed by atoms with Crippen molar-refractivity contribution in [3.05, 3.63) is 52.0 Å². The van der Waals surface area contributed by atoms with Gasteiger partial charge in [-0.2, -0.15) is 5.26 Å². The van der Waals surface area contributed by atoms with Crippen molar-refractivity contribution >= 4 is 0 Å². The molecule has 1 aromatic heterocycles. The number of benzene rings is 1. The molecule has 0 saturated heterocycles. The van der Waals surface area contributed by atoms with Crippen LogP contribution in [0.2, 0.25) is 0 Å². The third kappa shape index (κ3) is 1.50. The van der Waals surface area contributed by atoms with Crippen LogP contribution in [-0.2, 0) is 0 Å². The van der Waals surface area contributed by atoms with Crippen LogP contribution in [0.25, 0.3) is 5.69 Å². The Kier molecular flexibility index (Phi) is 2.33. The highest BCUT2D eigenvalue weighted by Crippen LogP contribution is 2.18. The summed E-state index contributed by atoms with van der Waals surface area (Å²) >= 11 is 0. The van der Waals surface area contributed by atoms with E-state index in [0.29, 0.717) is 11.3 Å². The van der Waals surface area contributed by atoms with Crippen molar-refractivity contribution in [1.82, 2.24) is 9.55 Å². The zero-order valence-corrected chi connectivity index (χ0v) is 8.49. The molecule has 5 heteroatoms. The van der Waals surface area contributed by atoms with Crippen LogP contribution in [0.5, 0.6) is 0 Å². The molecule has 2 aromatic rings. The average Bonchev–Trinajstić information content (AvgIpc) is 2.63. The number of aryl methyl sites for hydroxylation is 1. The number of rotatable bonds is 1. The molecule has 1 aromatic carbocycles. The lowest BCUT2D eigenvalue weighted by Crippen LogP contribution is -2.16. The number of hydrogen-bond acceptors (Lipinski definition) is 2. The maximum absolute atomic E-state index is 13.1. The number of aromatic nitrogens is 2. The number of nitriles is 1. The molecule has 0 fully saturated rings. The van der Waals surface area contributed by atoms with E-state index in [2.05, 4.69) is 4.98 Å². The van der Waals surface area contributed by atoms with E-state index in [0.717, 1.165) is 6.07 Å². The minimum absolute atomic E-state index is 0.138. The van der Waals surface area contributed by atoms with E-state index in [1.54, 1.807) is 6.92 Å². The number of hydrogen-bond donors (Lipinski definition) is 1. The monoisotopic (exact) mass is 217 g/mol. The molecular formula is C11H8FN3O. The molecule has 0 aliphatic carbocycles. The lowest BCUT2D eigenvalue weighted by molar-refractivity contribution is 0.625. The van der Waals surface area contributed by atoms with Crippen LogP contribution in [0.3, 0.4) is 0 Å². The number of nitrogens with one attached hydrogen (secondary N) is 1. The Morgan fingerprint density at radius 2 is 2.25 bits per heavy atom. The SMILES string of the molecule is Cc1cc(F)cc(C#N)c1-n1cc[nH]c1=O. The lowest BCUT2D eigenvalue weighted by Gasteiger charge is -2.07. The van der Waals surface area contributed by atoms with Gasteiger partial charge in [-0.3, -0.25) is 4.57 Å². The van der Waals surface area contributed by atoms with Gasteiger partial charge in [0.05, 0.1) is 11.3 Å². The van der Waals surface area contributed by atoms with Crippen molar-refractivity contribution in [3.63, 3.8) is 0 Å². The van der Waals surface area contributed by atoms with Crippen molar-refractivity contribution in [2.75, 3.05) is 0 Å². The number of imidazole rings is 1. The summed E-state index contributed by atoms with van der Waals surface area (Å²) in [5.74, 6) is -0.485. The Morgan fingerprint density at radius 1 is 1.50 bits per heavy atom. The first-order chi connectivity index (χ1) is 7.63. The quantitative estimate of drug-likeness (QED) is 0.786. The van der Waals surface area contributed by atoms with Crippen LogP contribution < -0.4 is 5.69 Å². The third-order valence-electron chi connectivity index (χ3n) is 2.28. The lowest BCUT2D eigenvalue weighted by atomic mass is 10.1. The van der Waals surface area contributed by atoms with Gasteiger partial charge in [-0.25, -0.2) is 9.18 Å². The zero-order chi connectivity index (χ0) is 11.7. The van der Waals surface area contributed by atoms with Crippen LogP contribution >= 0.6 is 0 Å². The summed E-state index contributed by atoms with van der Waals surface area (Å²) in [6, 6.07) is 4.28. The molecule has 1 N–H and O–H groups in total. The Labute approximate surface area is 90.6 Å². The second-order valence-electron chi connectivity index (χ2n) is 3.37. The molecule has 0 amide bonds. The number of H-pyrrole nitrogens is 1. The van der Waals surface area contributed by atoms with Gasteiger partial charge in [-0.05, 0) is 24.6 Å². The molecule has 0 spiro atoms. The smallest absolute Gasteiger partial charge is 0.312 e. The van der Waals surface area contributed by atoms with Crippen LogP contribution in [0.4, 0.5) is 4.39 Å². The van der Waals surface area contributed by atoms with Gasteiger partial charge < -0.3 is 4.98 Å². The van der Waals surface area contributed by atoms with Crippen LogP contribution in [0, 0.1) is 24.1 Å². The average molecular weight is 217 g/mol. The van der Waals surface area contributed by atoms with Gasteiger partial charge in [0, 0.05) is 12.4 Å². The van der Waals surface area contributed by atoms with Crippen LogP contribution in [-0.4, -0.2) is 9.55 Å². The number of halogens is 1. The first-order valence-electron chi connectivity index (χ1n) is 4.60. The normalized spacial score (nSPS) is 10.1. The van der Waals surface area contributed by atoms with Gasteiger partial charge in [0.25, 0.3) is 0 Å². The molecule has 16 heavy (non-hydrogen) atoms. The molecule has 2 rings (SSSR count). The van der Waals surface area contributed by atoms with E-state index in [1.165, 1.54) is 23.0 Å². The second-order valence-corrected chi connectivity index (χ2v) is 3.37. The summed E-state index contributed by atoms with van der Waals surface area (Å²) in [5.41, 5.74) is 0.735. The van der Waals surface area contributed by atoms with E-state index in [-0.39, 0.29) is 11.3 Å². The summed E-state index contributed by atoms with van der Waals surface area (Å²) in [6.45, 7) is 1.65. The Morgan fingerprint density at radius 3 is 2.81 bits per heavy atom. The van der Waals surface area contributed by atoms with Crippen molar-refractivity contribution in [1.29, 1.82) is 5.26 Å². The maximum atomic E-state index is 13.1. The van der Waals surface area contributed by atoms with Crippen molar-refractivity contribution in [2.24, 2.45) is 0 Å². The van der Waals surface area contributed by atoms with E-state index < -0.39 is 5.82 Å². The molecule has 0 bridgehead atoms. The zero-order valence-electron chi connectivity index (χ0n) is 8.49. The molecule has 0 aliphatic rings. The fourth-order valence-electron chi connectivity index (χ4n) is 1.64. The summed E-state index contributed by atoms with van der Waals surface area (Å²) < 4.78 is 14.4. The molecule has 0 atom stereocenters. The second kappa shape index (κ2) is 3.66. The highest BCUT2D eigenvalue weighted by molar-refractivity contribution is 5.53. The summed E-state index contributed by atoms with van der Waals surface area (Å²) in [6.07, 6.45) is 2.97. The summed E-state index contributed by atoms with van der Waals surface area (Å²) in [5, 5.41) is 8.91. The summed E-state index contributed by atoms with van der Waals surface area (Å²) in [7, 11) is 0. The highest BCUT2D eigenvalue weighted by atomic mass is 19.1. The van der Waals surface area contributed by atoms with E-state index in [1.807, 2.05) is 6.07 Å². The minimum Gasteiger partial charge on any atom is -0.312 e. The standard InChI is InChI=1S/C11H8FN3O/c1-7-4-9(12)5-8(6-13)10(7)15-3-2-14-11(15)16/h2-5H,1H3,(H,14,16). The van der Waals surface area contributed by atoms with Gasteiger partial charge in [-0.1, -0.05) is 0 Å². The van der Waals surface area contributed by atoms with E-state index in [4.69, 9.17) is 5.26 Å². The Hall–Kier alpha value is -2.35. The van der Waals surface area contributed by atoms with Gasteiger partial charge in [0.1, 0.15) is 11.9 Å².